The van der Waals surface area contributed by atoms with Crippen LogP contribution in [0.2, 0.25) is 0 Å². The van der Waals surface area contributed by atoms with Crippen LogP contribution in [0.4, 0.5) is 4.39 Å². The molecule has 6 heteroatoms. The number of aromatic nitrogens is 2. The monoisotopic (exact) mass is 359 g/mol. The third kappa shape index (κ3) is 5.31. The van der Waals surface area contributed by atoms with Crippen molar-refractivity contribution in [1.29, 1.82) is 0 Å². The van der Waals surface area contributed by atoms with E-state index in [9.17, 15) is 4.39 Å². The molecule has 0 atom stereocenters. The van der Waals surface area contributed by atoms with Crippen LogP contribution in [0, 0.1) is 5.82 Å². The van der Waals surface area contributed by atoms with Gasteiger partial charge in [-0.2, -0.15) is 5.10 Å². The van der Waals surface area contributed by atoms with Crippen molar-refractivity contribution in [2.24, 2.45) is 12.0 Å². The second kappa shape index (κ2) is 9.94. The lowest BCUT2D eigenvalue weighted by Gasteiger charge is -2.12. The number of halogens is 1. The highest BCUT2D eigenvalue weighted by Crippen LogP contribution is 2.16. The van der Waals surface area contributed by atoms with Crippen molar-refractivity contribution in [3.63, 3.8) is 0 Å². The van der Waals surface area contributed by atoms with Crippen molar-refractivity contribution in [3.05, 3.63) is 52.6 Å². The average Bonchev–Trinajstić information content (AvgIpc) is 2.95. The maximum absolute atomic E-state index is 13.0. The van der Waals surface area contributed by atoms with E-state index >= 15 is 0 Å². The SMILES string of the molecule is CCNC(=NCc1c(CC)nn(C)c1CC)NCCc1ccc(F)cc1. The van der Waals surface area contributed by atoms with Gasteiger partial charge in [-0.05, 0) is 43.9 Å². The number of guanidine groups is 1. The van der Waals surface area contributed by atoms with Crippen molar-refractivity contribution in [1.82, 2.24) is 20.4 Å². The van der Waals surface area contributed by atoms with Crippen molar-refractivity contribution in [3.8, 4) is 0 Å². The first-order valence-electron chi connectivity index (χ1n) is 9.39. The Morgan fingerprint density at radius 3 is 2.46 bits per heavy atom. The zero-order valence-electron chi connectivity index (χ0n) is 16.3. The Morgan fingerprint density at radius 1 is 1.12 bits per heavy atom. The molecule has 0 aliphatic carbocycles. The molecule has 0 saturated heterocycles. The molecular formula is C20H30FN5. The smallest absolute Gasteiger partial charge is 0.191 e. The Balaban J connectivity index is 2.01. The predicted molar refractivity (Wildman–Crippen MR) is 105 cm³/mol. The van der Waals surface area contributed by atoms with Crippen LogP contribution in [0.25, 0.3) is 0 Å². The van der Waals surface area contributed by atoms with Crippen LogP contribution in [0.5, 0.6) is 0 Å². The van der Waals surface area contributed by atoms with E-state index in [0.29, 0.717) is 6.54 Å². The summed E-state index contributed by atoms with van der Waals surface area (Å²) in [5.41, 5.74) is 4.69. The molecule has 2 rings (SSSR count). The van der Waals surface area contributed by atoms with E-state index in [1.807, 2.05) is 23.9 Å². The second-order valence-electron chi connectivity index (χ2n) is 6.20. The average molecular weight is 359 g/mol. The number of aliphatic imine (C=N–C) groups is 1. The summed E-state index contributed by atoms with van der Waals surface area (Å²) in [6, 6.07) is 6.63. The molecule has 1 aromatic carbocycles. The third-order valence-electron chi connectivity index (χ3n) is 4.39. The minimum Gasteiger partial charge on any atom is -0.357 e. The fourth-order valence-electron chi connectivity index (χ4n) is 3.05. The molecule has 0 spiro atoms. The van der Waals surface area contributed by atoms with Crippen molar-refractivity contribution in [2.75, 3.05) is 13.1 Å². The minimum atomic E-state index is -0.202. The fraction of sp³-hybridized carbons (Fsp3) is 0.500. The maximum Gasteiger partial charge on any atom is 0.191 e. The van der Waals surface area contributed by atoms with Gasteiger partial charge < -0.3 is 10.6 Å². The molecule has 26 heavy (non-hydrogen) atoms. The first-order valence-corrected chi connectivity index (χ1v) is 9.39. The van der Waals surface area contributed by atoms with Crippen molar-refractivity contribution < 1.29 is 4.39 Å². The summed E-state index contributed by atoms with van der Waals surface area (Å²) in [4.78, 5) is 4.74. The Bertz CT molecular complexity index is 719. The van der Waals surface area contributed by atoms with Crippen LogP contribution in [0.1, 0.15) is 43.3 Å². The Labute approximate surface area is 155 Å². The van der Waals surface area contributed by atoms with Gasteiger partial charge in [0.2, 0.25) is 0 Å². The number of aryl methyl sites for hydroxylation is 2. The summed E-state index contributed by atoms with van der Waals surface area (Å²) < 4.78 is 14.9. The van der Waals surface area contributed by atoms with Crippen molar-refractivity contribution >= 4 is 5.96 Å². The quantitative estimate of drug-likeness (QED) is 0.563. The van der Waals surface area contributed by atoms with Gasteiger partial charge in [0.05, 0.1) is 12.2 Å². The summed E-state index contributed by atoms with van der Waals surface area (Å²) in [7, 11) is 2.00. The number of hydrogen-bond acceptors (Lipinski definition) is 2. The van der Waals surface area contributed by atoms with Gasteiger partial charge in [0.15, 0.2) is 5.96 Å². The predicted octanol–water partition coefficient (Wildman–Crippen LogP) is 2.98. The molecule has 2 aromatic rings. The molecule has 0 aliphatic heterocycles. The summed E-state index contributed by atoms with van der Waals surface area (Å²) in [5, 5.41) is 11.2. The van der Waals surface area contributed by atoms with Crippen LogP contribution in [0.15, 0.2) is 29.3 Å². The van der Waals surface area contributed by atoms with Gasteiger partial charge in [-0.1, -0.05) is 26.0 Å². The number of hydrogen-bond donors (Lipinski definition) is 2. The summed E-state index contributed by atoms with van der Waals surface area (Å²) in [5.74, 6) is 0.592. The highest BCUT2D eigenvalue weighted by molar-refractivity contribution is 5.79. The zero-order chi connectivity index (χ0) is 18.9. The second-order valence-corrected chi connectivity index (χ2v) is 6.20. The van der Waals surface area contributed by atoms with Crippen LogP contribution in [-0.4, -0.2) is 28.8 Å². The number of benzene rings is 1. The number of rotatable bonds is 8. The number of nitrogens with one attached hydrogen (secondary N) is 2. The molecule has 1 heterocycles. The molecule has 2 N–H and O–H groups in total. The maximum atomic E-state index is 13.0. The van der Waals surface area contributed by atoms with Gasteiger partial charge in [-0.15, -0.1) is 0 Å². The number of nitrogens with zero attached hydrogens (tertiary/aromatic N) is 3. The largest absolute Gasteiger partial charge is 0.357 e. The first kappa shape index (κ1) is 19.9. The van der Waals surface area contributed by atoms with E-state index < -0.39 is 0 Å². The lowest BCUT2D eigenvalue weighted by atomic mass is 10.1. The van der Waals surface area contributed by atoms with Crippen LogP contribution in [-0.2, 0) is 32.9 Å². The van der Waals surface area contributed by atoms with Crippen LogP contribution >= 0.6 is 0 Å². The van der Waals surface area contributed by atoms with E-state index in [4.69, 9.17) is 4.99 Å². The van der Waals surface area contributed by atoms with E-state index in [1.54, 1.807) is 0 Å². The van der Waals surface area contributed by atoms with Gasteiger partial charge in [-0.3, -0.25) is 4.68 Å². The highest BCUT2D eigenvalue weighted by atomic mass is 19.1. The van der Waals surface area contributed by atoms with E-state index in [2.05, 4.69) is 36.5 Å². The Kier molecular flexibility index (Phi) is 7.63. The lowest BCUT2D eigenvalue weighted by Crippen LogP contribution is -2.38. The minimum absolute atomic E-state index is 0.202. The van der Waals surface area contributed by atoms with Gasteiger partial charge in [0, 0.05) is 31.4 Å². The molecule has 1 aromatic heterocycles. The molecule has 142 valence electrons. The van der Waals surface area contributed by atoms with Crippen LogP contribution < -0.4 is 10.6 Å². The summed E-state index contributed by atoms with van der Waals surface area (Å²) in [6.45, 7) is 8.49. The molecule has 5 nitrogen and oxygen atoms in total. The molecule has 0 saturated carbocycles. The van der Waals surface area contributed by atoms with Gasteiger partial charge in [0.1, 0.15) is 5.82 Å². The summed E-state index contributed by atoms with van der Waals surface area (Å²) >= 11 is 0. The molecular weight excluding hydrogens is 329 g/mol. The normalized spacial score (nSPS) is 11.7. The molecule has 0 radical (unpaired) electrons. The van der Waals surface area contributed by atoms with Gasteiger partial charge >= 0.3 is 0 Å². The highest BCUT2D eigenvalue weighted by Gasteiger charge is 2.13. The standard InChI is InChI=1S/C20H30FN5/c1-5-18-17(19(6-2)26(4)25-18)14-24-20(22-7-3)23-13-12-15-8-10-16(21)11-9-15/h8-11H,5-7,12-14H2,1-4H3,(H2,22,23,24). The Morgan fingerprint density at radius 2 is 1.85 bits per heavy atom. The zero-order valence-corrected chi connectivity index (χ0v) is 16.3. The Hall–Kier alpha value is -2.37. The van der Waals surface area contributed by atoms with Gasteiger partial charge in [0.25, 0.3) is 0 Å². The van der Waals surface area contributed by atoms with E-state index in [0.717, 1.165) is 49.6 Å². The molecule has 0 bridgehead atoms. The van der Waals surface area contributed by atoms with Crippen molar-refractivity contribution in [2.45, 2.75) is 46.6 Å². The fourth-order valence-corrected chi connectivity index (χ4v) is 3.05. The summed E-state index contributed by atoms with van der Waals surface area (Å²) in [6.07, 6.45) is 2.67. The van der Waals surface area contributed by atoms with E-state index in [1.165, 1.54) is 23.4 Å². The van der Waals surface area contributed by atoms with Gasteiger partial charge in [-0.25, -0.2) is 9.38 Å². The third-order valence-corrected chi connectivity index (χ3v) is 4.39. The molecule has 0 fully saturated rings. The van der Waals surface area contributed by atoms with E-state index in [-0.39, 0.29) is 5.82 Å². The molecule has 0 unspecified atom stereocenters. The van der Waals surface area contributed by atoms with Crippen LogP contribution in [0.3, 0.4) is 0 Å². The molecule has 0 amide bonds. The lowest BCUT2D eigenvalue weighted by molar-refractivity contribution is 0.626. The topological polar surface area (TPSA) is 54.2 Å². The first-order chi connectivity index (χ1) is 12.6. The molecule has 0 aliphatic rings.